The van der Waals surface area contributed by atoms with Crippen molar-refractivity contribution in [1.29, 1.82) is 5.26 Å². The van der Waals surface area contributed by atoms with Gasteiger partial charge in [0.2, 0.25) is 0 Å². The van der Waals surface area contributed by atoms with E-state index < -0.39 is 0 Å². The Balaban J connectivity index is 2.39. The Morgan fingerprint density at radius 3 is 2.57 bits per heavy atom. The number of hydrogen-bond donors (Lipinski definition) is 0. The Kier molecular flexibility index (Phi) is 5.36. The van der Waals surface area contributed by atoms with Gasteiger partial charge in [-0.3, -0.25) is 0 Å². The second-order valence-corrected chi connectivity index (χ2v) is 4.86. The number of benzene rings is 2. The number of hydrogen-bond acceptors (Lipinski definition) is 2. The van der Waals surface area contributed by atoms with Crippen LogP contribution in [0.4, 0.5) is 11.4 Å². The van der Waals surface area contributed by atoms with Crippen molar-refractivity contribution in [2.24, 2.45) is 4.99 Å². The highest BCUT2D eigenvalue weighted by Gasteiger charge is 2.11. The van der Waals surface area contributed by atoms with Crippen LogP contribution in [0.5, 0.6) is 0 Å². The van der Waals surface area contributed by atoms with Crippen molar-refractivity contribution < 1.29 is 0 Å². The first kappa shape index (κ1) is 15.1. The predicted octanol–water partition coefficient (Wildman–Crippen LogP) is 4.81. The lowest BCUT2D eigenvalue weighted by atomic mass is 10.2. The van der Waals surface area contributed by atoms with Crippen molar-refractivity contribution in [3.8, 4) is 6.07 Å². The van der Waals surface area contributed by atoms with Gasteiger partial charge in [-0.15, -0.1) is 0 Å². The van der Waals surface area contributed by atoms with Gasteiger partial charge < -0.3 is 4.90 Å². The molecule has 4 heteroatoms. The van der Waals surface area contributed by atoms with E-state index in [-0.39, 0.29) is 6.42 Å². The maximum Gasteiger partial charge on any atom is 0.123 e. The SMILES string of the molecule is CCN(C(CC#N)=Nc1cccc(Cl)c1)c1ccccc1. The third kappa shape index (κ3) is 4.08. The summed E-state index contributed by atoms with van der Waals surface area (Å²) in [6, 6.07) is 19.4. The fourth-order valence-corrected chi connectivity index (χ4v) is 2.27. The monoisotopic (exact) mass is 297 g/mol. The molecule has 0 unspecified atom stereocenters. The van der Waals surface area contributed by atoms with Crippen molar-refractivity contribution in [3.63, 3.8) is 0 Å². The first-order valence-corrected chi connectivity index (χ1v) is 7.15. The molecular weight excluding hydrogens is 282 g/mol. The van der Waals surface area contributed by atoms with E-state index in [9.17, 15) is 0 Å². The normalized spacial score (nSPS) is 11.0. The van der Waals surface area contributed by atoms with E-state index >= 15 is 0 Å². The van der Waals surface area contributed by atoms with Crippen molar-refractivity contribution in [2.45, 2.75) is 13.3 Å². The molecule has 0 saturated carbocycles. The first-order chi connectivity index (χ1) is 10.2. The van der Waals surface area contributed by atoms with Gasteiger partial charge in [-0.25, -0.2) is 4.99 Å². The zero-order chi connectivity index (χ0) is 15.1. The first-order valence-electron chi connectivity index (χ1n) is 6.77. The van der Waals surface area contributed by atoms with E-state index in [2.05, 4.69) is 11.1 Å². The summed E-state index contributed by atoms with van der Waals surface area (Å²) in [6.07, 6.45) is 0.245. The van der Waals surface area contributed by atoms with Crippen LogP contribution in [-0.4, -0.2) is 12.4 Å². The highest BCUT2D eigenvalue weighted by atomic mass is 35.5. The van der Waals surface area contributed by atoms with Gasteiger partial charge in [0.1, 0.15) is 5.84 Å². The lowest BCUT2D eigenvalue weighted by molar-refractivity contribution is 1.03. The highest BCUT2D eigenvalue weighted by molar-refractivity contribution is 6.30. The number of halogens is 1. The minimum Gasteiger partial charge on any atom is -0.329 e. The van der Waals surface area contributed by atoms with Crippen LogP contribution in [0.3, 0.4) is 0 Å². The summed E-state index contributed by atoms with van der Waals surface area (Å²) in [5.41, 5.74) is 1.78. The molecule has 0 spiro atoms. The topological polar surface area (TPSA) is 39.4 Å². The van der Waals surface area contributed by atoms with Gasteiger partial charge >= 0.3 is 0 Å². The van der Waals surface area contributed by atoms with Crippen molar-refractivity contribution in [1.82, 2.24) is 0 Å². The van der Waals surface area contributed by atoms with Gasteiger partial charge in [0.25, 0.3) is 0 Å². The largest absolute Gasteiger partial charge is 0.329 e. The number of amidine groups is 1. The third-order valence-corrected chi connectivity index (χ3v) is 3.23. The molecule has 0 aliphatic carbocycles. The number of rotatable bonds is 4. The molecule has 2 aromatic carbocycles. The molecule has 3 nitrogen and oxygen atoms in total. The Morgan fingerprint density at radius 1 is 1.19 bits per heavy atom. The minimum absolute atomic E-state index is 0.245. The molecule has 0 aromatic heterocycles. The van der Waals surface area contributed by atoms with E-state index in [0.29, 0.717) is 10.9 Å². The number of nitrogens with zero attached hydrogens (tertiary/aromatic N) is 3. The van der Waals surface area contributed by atoms with Crippen LogP contribution >= 0.6 is 11.6 Å². The van der Waals surface area contributed by atoms with Crippen molar-refractivity contribution in [3.05, 3.63) is 59.6 Å². The number of aliphatic imine (C=N–C) groups is 1. The van der Waals surface area contributed by atoms with Gasteiger partial charge in [0.15, 0.2) is 0 Å². The van der Waals surface area contributed by atoms with Crippen LogP contribution in [0.2, 0.25) is 5.02 Å². The Morgan fingerprint density at radius 2 is 1.95 bits per heavy atom. The Bertz CT molecular complexity index is 659. The molecule has 0 aliphatic rings. The highest BCUT2D eigenvalue weighted by Crippen LogP contribution is 2.21. The van der Waals surface area contributed by atoms with E-state index in [1.54, 1.807) is 12.1 Å². The standard InChI is InChI=1S/C17H16ClN3/c1-2-21(16-9-4-3-5-10-16)17(11-12-19)20-15-8-6-7-14(18)13-15/h3-10,13H,2,11H2,1H3. The van der Waals surface area contributed by atoms with Gasteiger partial charge in [0, 0.05) is 17.3 Å². The van der Waals surface area contributed by atoms with Crippen molar-refractivity contribution >= 4 is 28.8 Å². The lowest BCUT2D eigenvalue weighted by Crippen LogP contribution is -2.30. The molecule has 2 rings (SSSR count). The van der Waals surface area contributed by atoms with Crippen LogP contribution in [-0.2, 0) is 0 Å². The van der Waals surface area contributed by atoms with Crippen molar-refractivity contribution in [2.75, 3.05) is 11.4 Å². The Hall–Kier alpha value is -2.31. The van der Waals surface area contributed by atoms with Crippen LogP contribution in [0.25, 0.3) is 0 Å². The molecule has 0 N–H and O–H groups in total. The molecule has 0 radical (unpaired) electrons. The maximum atomic E-state index is 9.08. The fourth-order valence-electron chi connectivity index (χ4n) is 2.08. The van der Waals surface area contributed by atoms with E-state index in [0.717, 1.165) is 17.9 Å². The maximum absolute atomic E-state index is 9.08. The van der Waals surface area contributed by atoms with Gasteiger partial charge in [-0.05, 0) is 37.3 Å². The number of nitriles is 1. The summed E-state index contributed by atoms with van der Waals surface area (Å²) in [4.78, 5) is 6.62. The zero-order valence-electron chi connectivity index (χ0n) is 11.8. The lowest BCUT2D eigenvalue weighted by Gasteiger charge is -2.23. The summed E-state index contributed by atoms with van der Waals surface area (Å²) >= 11 is 5.99. The van der Waals surface area contributed by atoms with Crippen LogP contribution < -0.4 is 4.90 Å². The van der Waals surface area contributed by atoms with Gasteiger partial charge in [-0.2, -0.15) is 5.26 Å². The smallest absolute Gasteiger partial charge is 0.123 e. The van der Waals surface area contributed by atoms with E-state index in [4.69, 9.17) is 16.9 Å². The second kappa shape index (κ2) is 7.47. The molecule has 106 valence electrons. The summed E-state index contributed by atoms with van der Waals surface area (Å²) in [7, 11) is 0. The Labute approximate surface area is 130 Å². The van der Waals surface area contributed by atoms with Crippen LogP contribution in [0, 0.1) is 11.3 Å². The second-order valence-electron chi connectivity index (χ2n) is 4.42. The van der Waals surface area contributed by atoms with Crippen LogP contribution in [0.15, 0.2) is 59.6 Å². The zero-order valence-corrected chi connectivity index (χ0v) is 12.6. The molecular formula is C17H16ClN3. The summed E-state index contributed by atoms with van der Waals surface area (Å²) < 4.78 is 0. The molecule has 0 saturated heterocycles. The summed E-state index contributed by atoms with van der Waals surface area (Å²) in [6.45, 7) is 2.78. The average Bonchev–Trinajstić information content (AvgIpc) is 2.49. The van der Waals surface area contributed by atoms with Crippen LogP contribution in [0.1, 0.15) is 13.3 Å². The predicted molar refractivity (Wildman–Crippen MR) is 88.2 cm³/mol. The quantitative estimate of drug-likeness (QED) is 0.600. The van der Waals surface area contributed by atoms with E-state index in [1.165, 1.54) is 0 Å². The molecule has 0 bridgehead atoms. The van der Waals surface area contributed by atoms with E-state index in [1.807, 2.05) is 54.3 Å². The molecule has 0 fully saturated rings. The molecule has 21 heavy (non-hydrogen) atoms. The molecule has 0 heterocycles. The number of anilines is 1. The van der Waals surface area contributed by atoms with Gasteiger partial charge in [-0.1, -0.05) is 35.9 Å². The minimum atomic E-state index is 0.245. The fraction of sp³-hybridized carbons (Fsp3) is 0.176. The molecule has 2 aromatic rings. The summed E-state index contributed by atoms with van der Waals surface area (Å²) in [5.74, 6) is 0.716. The third-order valence-electron chi connectivity index (χ3n) is 3.00. The average molecular weight is 298 g/mol. The summed E-state index contributed by atoms with van der Waals surface area (Å²) in [5, 5.41) is 9.71. The molecule has 0 atom stereocenters. The number of para-hydroxylation sites is 1. The molecule has 0 amide bonds. The molecule has 0 aliphatic heterocycles. The van der Waals surface area contributed by atoms with Gasteiger partial charge in [0.05, 0.1) is 18.2 Å².